The van der Waals surface area contributed by atoms with Gasteiger partial charge in [-0.2, -0.15) is 5.48 Å². The van der Waals surface area contributed by atoms with Crippen LogP contribution in [0, 0.1) is 5.82 Å². The lowest BCUT2D eigenvalue weighted by atomic mass is 9.82. The number of anilines is 1. The Kier molecular flexibility index (Phi) is 6.34. The lowest BCUT2D eigenvalue weighted by Gasteiger charge is -2.25. The monoisotopic (exact) mass is 408 g/mol. The SMILES string of the molecule is CC(=O)NOc1cccc(C(C)(C)C)c1Cc1ccc(NS(C)(=O)=O)c(F)c1. The van der Waals surface area contributed by atoms with Gasteiger partial charge in [-0.25, -0.2) is 12.8 Å². The zero-order valence-corrected chi connectivity index (χ0v) is 17.4. The van der Waals surface area contributed by atoms with Crippen LogP contribution in [0.1, 0.15) is 44.4 Å². The van der Waals surface area contributed by atoms with E-state index in [9.17, 15) is 17.6 Å². The lowest BCUT2D eigenvalue weighted by Crippen LogP contribution is -2.25. The first-order valence-corrected chi connectivity index (χ1v) is 10.6. The molecule has 2 rings (SSSR count). The maximum absolute atomic E-state index is 14.4. The van der Waals surface area contributed by atoms with E-state index in [0.717, 1.165) is 17.4 Å². The third-order valence-corrected chi connectivity index (χ3v) is 4.55. The average molecular weight is 408 g/mol. The molecule has 0 radical (unpaired) electrons. The number of hydroxylamine groups is 1. The molecule has 0 heterocycles. The maximum atomic E-state index is 14.4. The molecule has 0 bridgehead atoms. The molecule has 6 nitrogen and oxygen atoms in total. The van der Waals surface area contributed by atoms with E-state index in [1.54, 1.807) is 12.1 Å². The van der Waals surface area contributed by atoms with Crippen molar-refractivity contribution < 1.29 is 22.4 Å². The van der Waals surface area contributed by atoms with Crippen LogP contribution in [0.15, 0.2) is 36.4 Å². The van der Waals surface area contributed by atoms with Gasteiger partial charge < -0.3 is 4.84 Å². The smallest absolute Gasteiger partial charge is 0.249 e. The fourth-order valence-electron chi connectivity index (χ4n) is 2.83. The zero-order chi connectivity index (χ0) is 21.1. The number of sulfonamides is 1. The van der Waals surface area contributed by atoms with Crippen molar-refractivity contribution in [2.75, 3.05) is 11.0 Å². The molecule has 0 saturated heterocycles. The molecule has 2 N–H and O–H groups in total. The quantitative estimate of drug-likeness (QED) is 0.717. The number of carbonyl (C=O) groups is 1. The van der Waals surface area contributed by atoms with Crippen LogP contribution in [0.2, 0.25) is 0 Å². The molecule has 0 aliphatic carbocycles. The molecule has 28 heavy (non-hydrogen) atoms. The molecule has 0 saturated carbocycles. The van der Waals surface area contributed by atoms with Gasteiger partial charge in [-0.15, -0.1) is 0 Å². The summed E-state index contributed by atoms with van der Waals surface area (Å²) >= 11 is 0. The van der Waals surface area contributed by atoms with Crippen LogP contribution in [-0.4, -0.2) is 20.6 Å². The highest BCUT2D eigenvalue weighted by molar-refractivity contribution is 7.92. The van der Waals surface area contributed by atoms with E-state index in [2.05, 4.69) is 10.2 Å². The van der Waals surface area contributed by atoms with E-state index in [4.69, 9.17) is 4.84 Å². The van der Waals surface area contributed by atoms with Crippen molar-refractivity contribution in [1.82, 2.24) is 5.48 Å². The Labute approximate surface area is 165 Å². The second kappa shape index (κ2) is 8.18. The minimum atomic E-state index is -3.57. The van der Waals surface area contributed by atoms with Gasteiger partial charge >= 0.3 is 0 Å². The van der Waals surface area contributed by atoms with Gasteiger partial charge in [0.2, 0.25) is 15.9 Å². The van der Waals surface area contributed by atoms with Gasteiger partial charge in [0, 0.05) is 18.9 Å². The van der Waals surface area contributed by atoms with E-state index in [1.807, 2.05) is 32.9 Å². The molecule has 0 aromatic heterocycles. The molecule has 0 unspecified atom stereocenters. The highest BCUT2D eigenvalue weighted by atomic mass is 32.2. The fraction of sp³-hybridized carbons (Fsp3) is 0.350. The minimum Gasteiger partial charge on any atom is -0.379 e. The van der Waals surface area contributed by atoms with E-state index in [0.29, 0.717) is 17.7 Å². The number of amides is 1. The van der Waals surface area contributed by atoms with Crippen molar-refractivity contribution in [3.8, 4) is 5.75 Å². The third kappa shape index (κ3) is 5.95. The topological polar surface area (TPSA) is 84.5 Å². The number of halogens is 1. The maximum Gasteiger partial charge on any atom is 0.249 e. The number of rotatable bonds is 6. The van der Waals surface area contributed by atoms with E-state index in [-0.39, 0.29) is 17.0 Å². The second-order valence-electron chi connectivity index (χ2n) is 7.66. The summed E-state index contributed by atoms with van der Waals surface area (Å²) in [5.41, 5.74) is 4.46. The number of benzene rings is 2. The van der Waals surface area contributed by atoms with Gasteiger partial charge in [-0.3, -0.25) is 9.52 Å². The molecule has 0 aliphatic rings. The summed E-state index contributed by atoms with van der Waals surface area (Å²) in [5.74, 6) is -0.531. The van der Waals surface area contributed by atoms with E-state index in [1.165, 1.54) is 19.1 Å². The number of hydrogen-bond acceptors (Lipinski definition) is 4. The summed E-state index contributed by atoms with van der Waals surface area (Å²) in [5, 5.41) is 0. The van der Waals surface area contributed by atoms with Gasteiger partial charge in [0.25, 0.3) is 0 Å². The molecule has 1 amide bonds. The van der Waals surface area contributed by atoms with Crippen molar-refractivity contribution in [2.24, 2.45) is 0 Å². The van der Waals surface area contributed by atoms with Gasteiger partial charge in [0.05, 0.1) is 11.9 Å². The molecule has 0 aliphatic heterocycles. The van der Waals surface area contributed by atoms with Gasteiger partial charge in [-0.05, 0) is 34.7 Å². The van der Waals surface area contributed by atoms with Crippen LogP contribution in [0.25, 0.3) is 0 Å². The van der Waals surface area contributed by atoms with E-state index >= 15 is 0 Å². The Balaban J connectivity index is 2.43. The molecule has 152 valence electrons. The summed E-state index contributed by atoms with van der Waals surface area (Å²) in [6.07, 6.45) is 1.31. The second-order valence-corrected chi connectivity index (χ2v) is 9.41. The average Bonchev–Trinajstić information content (AvgIpc) is 2.54. The fourth-order valence-corrected chi connectivity index (χ4v) is 3.39. The van der Waals surface area contributed by atoms with Crippen molar-refractivity contribution >= 4 is 21.6 Å². The Bertz CT molecular complexity index is 982. The Morgan fingerprint density at radius 2 is 1.86 bits per heavy atom. The zero-order valence-electron chi connectivity index (χ0n) is 16.6. The third-order valence-electron chi connectivity index (χ3n) is 3.96. The molecule has 2 aromatic rings. The summed E-state index contributed by atoms with van der Waals surface area (Å²) < 4.78 is 39.2. The van der Waals surface area contributed by atoms with Crippen LogP contribution in [-0.2, 0) is 26.7 Å². The van der Waals surface area contributed by atoms with Crippen molar-refractivity contribution in [3.05, 3.63) is 58.9 Å². The van der Waals surface area contributed by atoms with Gasteiger partial charge in [-0.1, -0.05) is 39.0 Å². The van der Waals surface area contributed by atoms with Gasteiger partial charge in [0.1, 0.15) is 5.82 Å². The van der Waals surface area contributed by atoms with Crippen LogP contribution in [0.3, 0.4) is 0 Å². The largest absolute Gasteiger partial charge is 0.379 e. The number of nitrogens with one attached hydrogen (secondary N) is 2. The summed E-state index contributed by atoms with van der Waals surface area (Å²) in [6.45, 7) is 7.49. The van der Waals surface area contributed by atoms with Crippen molar-refractivity contribution in [1.29, 1.82) is 0 Å². The molecule has 0 spiro atoms. The number of hydrogen-bond donors (Lipinski definition) is 2. The molecule has 0 fully saturated rings. The summed E-state index contributed by atoms with van der Waals surface area (Å²) in [7, 11) is -3.57. The summed E-state index contributed by atoms with van der Waals surface area (Å²) in [4.78, 5) is 16.7. The van der Waals surface area contributed by atoms with Crippen molar-refractivity contribution in [2.45, 2.75) is 39.5 Å². The molecule has 0 atom stereocenters. The normalized spacial score (nSPS) is 11.8. The Morgan fingerprint density at radius 3 is 2.39 bits per heavy atom. The minimum absolute atomic E-state index is 0.106. The van der Waals surface area contributed by atoms with Crippen molar-refractivity contribution in [3.63, 3.8) is 0 Å². The standard InChI is InChI=1S/C20H25FN2O4S/c1-13(24)22-27-19-8-6-7-16(20(2,3)4)15(19)11-14-9-10-18(17(21)12-14)23-28(5,25)26/h6-10,12,23H,11H2,1-5H3,(H,22,24). The Morgan fingerprint density at radius 1 is 1.18 bits per heavy atom. The predicted octanol–water partition coefficient (Wildman–Crippen LogP) is 3.52. The highest BCUT2D eigenvalue weighted by Crippen LogP contribution is 2.33. The van der Waals surface area contributed by atoms with Gasteiger partial charge in [0.15, 0.2) is 5.75 Å². The van der Waals surface area contributed by atoms with Crippen LogP contribution >= 0.6 is 0 Å². The first-order chi connectivity index (χ1) is 12.9. The number of carbonyl (C=O) groups excluding carboxylic acids is 1. The predicted molar refractivity (Wildman–Crippen MR) is 107 cm³/mol. The van der Waals surface area contributed by atoms with Crippen LogP contribution in [0.4, 0.5) is 10.1 Å². The first kappa shape index (κ1) is 21.7. The highest BCUT2D eigenvalue weighted by Gasteiger charge is 2.22. The molecule has 2 aromatic carbocycles. The lowest BCUT2D eigenvalue weighted by molar-refractivity contribution is -0.125. The van der Waals surface area contributed by atoms with Crippen LogP contribution < -0.4 is 15.0 Å². The molecular formula is C20H25FN2O4S. The molecule has 8 heteroatoms. The molecular weight excluding hydrogens is 383 g/mol. The van der Waals surface area contributed by atoms with E-state index < -0.39 is 15.8 Å². The summed E-state index contributed by atoms with van der Waals surface area (Å²) in [6, 6.07) is 9.86. The van der Waals surface area contributed by atoms with Crippen LogP contribution in [0.5, 0.6) is 5.75 Å². The first-order valence-electron chi connectivity index (χ1n) is 8.69. The Hall–Kier alpha value is -2.61.